The molecule has 1 fully saturated rings. The van der Waals surface area contributed by atoms with Gasteiger partial charge in [-0.25, -0.2) is 4.98 Å². The van der Waals surface area contributed by atoms with Gasteiger partial charge in [0.1, 0.15) is 0 Å². The minimum absolute atomic E-state index is 0.0527. The van der Waals surface area contributed by atoms with Crippen molar-refractivity contribution in [2.45, 2.75) is 12.8 Å². The van der Waals surface area contributed by atoms with Crippen molar-refractivity contribution in [3.63, 3.8) is 0 Å². The Morgan fingerprint density at radius 1 is 1.48 bits per heavy atom. The lowest BCUT2D eigenvalue weighted by Gasteiger charge is -2.21. The van der Waals surface area contributed by atoms with E-state index >= 15 is 0 Å². The van der Waals surface area contributed by atoms with Gasteiger partial charge in [-0.1, -0.05) is 28.1 Å². The highest BCUT2D eigenvalue weighted by molar-refractivity contribution is 9.10. The maximum atomic E-state index is 12.2. The molecule has 110 valence electrons. The van der Waals surface area contributed by atoms with Gasteiger partial charge in [0.25, 0.3) is 0 Å². The Morgan fingerprint density at radius 2 is 2.38 bits per heavy atom. The third kappa shape index (κ3) is 3.70. The van der Waals surface area contributed by atoms with Gasteiger partial charge in [-0.15, -0.1) is 11.3 Å². The molecule has 0 aliphatic carbocycles. The van der Waals surface area contributed by atoms with E-state index in [1.807, 2.05) is 29.6 Å². The zero-order valence-electron chi connectivity index (χ0n) is 11.4. The second-order valence-corrected chi connectivity index (χ2v) is 6.85. The van der Waals surface area contributed by atoms with Gasteiger partial charge in [-0.05, 0) is 31.5 Å². The smallest absolute Gasteiger partial charge is 0.230 e. The number of halogens is 1. The summed E-state index contributed by atoms with van der Waals surface area (Å²) in [5.41, 5.74) is 1.93. The van der Waals surface area contributed by atoms with Crippen molar-refractivity contribution in [3.8, 4) is 11.3 Å². The summed E-state index contributed by atoms with van der Waals surface area (Å²) in [5.74, 6) is 0.120. The number of hydrogen-bond donors (Lipinski definition) is 2. The van der Waals surface area contributed by atoms with Gasteiger partial charge in [0, 0.05) is 22.0 Å². The molecule has 1 aliphatic rings. The number of carbonyl (C=O) groups is 1. The summed E-state index contributed by atoms with van der Waals surface area (Å²) in [7, 11) is 0. The largest absolute Gasteiger partial charge is 0.316 e. The van der Waals surface area contributed by atoms with Gasteiger partial charge in [0.15, 0.2) is 5.13 Å². The van der Waals surface area contributed by atoms with Crippen molar-refractivity contribution in [1.29, 1.82) is 0 Å². The summed E-state index contributed by atoms with van der Waals surface area (Å²) in [5, 5.41) is 8.82. The van der Waals surface area contributed by atoms with Crippen LogP contribution in [0, 0.1) is 5.92 Å². The molecule has 0 radical (unpaired) electrons. The molecule has 1 aliphatic heterocycles. The molecule has 0 bridgehead atoms. The molecule has 2 heterocycles. The first-order valence-electron chi connectivity index (χ1n) is 6.95. The Hall–Kier alpha value is -1.24. The van der Waals surface area contributed by atoms with E-state index in [9.17, 15) is 4.79 Å². The average molecular weight is 366 g/mol. The number of nitrogens with zero attached hydrogens (tertiary/aromatic N) is 1. The number of benzene rings is 1. The third-order valence-electron chi connectivity index (χ3n) is 3.52. The summed E-state index contributed by atoms with van der Waals surface area (Å²) in [4.78, 5) is 16.7. The van der Waals surface area contributed by atoms with Crippen molar-refractivity contribution >= 4 is 38.3 Å². The van der Waals surface area contributed by atoms with Crippen LogP contribution in [0.5, 0.6) is 0 Å². The summed E-state index contributed by atoms with van der Waals surface area (Å²) >= 11 is 4.92. The maximum Gasteiger partial charge on any atom is 0.230 e. The molecule has 4 nitrogen and oxygen atoms in total. The van der Waals surface area contributed by atoms with Gasteiger partial charge < -0.3 is 10.6 Å². The zero-order chi connectivity index (χ0) is 14.7. The Balaban J connectivity index is 1.69. The predicted octanol–water partition coefficient (Wildman–Crippen LogP) is 3.51. The minimum Gasteiger partial charge on any atom is -0.316 e. The van der Waals surface area contributed by atoms with Crippen LogP contribution in [0.25, 0.3) is 11.3 Å². The SMILES string of the molecule is O=C(Nc1nc(-c2cccc(Br)c2)cs1)C1CCCNC1. The Labute approximate surface area is 136 Å². The lowest BCUT2D eigenvalue weighted by molar-refractivity contribution is -0.120. The number of anilines is 1. The number of carbonyl (C=O) groups excluding carboxylic acids is 1. The molecule has 2 N–H and O–H groups in total. The molecule has 0 saturated carbocycles. The van der Waals surface area contributed by atoms with Gasteiger partial charge in [0.05, 0.1) is 11.6 Å². The van der Waals surface area contributed by atoms with Crippen molar-refractivity contribution in [1.82, 2.24) is 10.3 Å². The third-order valence-corrected chi connectivity index (χ3v) is 4.77. The van der Waals surface area contributed by atoms with Crippen molar-refractivity contribution in [2.75, 3.05) is 18.4 Å². The highest BCUT2D eigenvalue weighted by Gasteiger charge is 2.21. The van der Waals surface area contributed by atoms with Crippen LogP contribution in [0.4, 0.5) is 5.13 Å². The van der Waals surface area contributed by atoms with E-state index in [-0.39, 0.29) is 11.8 Å². The average Bonchev–Trinajstić information content (AvgIpc) is 2.97. The second-order valence-electron chi connectivity index (χ2n) is 5.08. The predicted molar refractivity (Wildman–Crippen MR) is 89.5 cm³/mol. The highest BCUT2D eigenvalue weighted by Crippen LogP contribution is 2.27. The zero-order valence-corrected chi connectivity index (χ0v) is 13.8. The molecule has 1 unspecified atom stereocenters. The van der Waals surface area contributed by atoms with Crippen LogP contribution in [0.15, 0.2) is 34.1 Å². The standard InChI is InChI=1S/C15H16BrN3OS/c16-12-5-1-3-10(7-12)13-9-21-15(18-13)19-14(20)11-4-2-6-17-8-11/h1,3,5,7,9,11,17H,2,4,6,8H2,(H,18,19,20). The second kappa shape index (κ2) is 6.68. The van der Waals surface area contributed by atoms with Crippen LogP contribution in [-0.2, 0) is 4.79 Å². The monoisotopic (exact) mass is 365 g/mol. The maximum absolute atomic E-state index is 12.2. The van der Waals surface area contributed by atoms with Crippen LogP contribution in [-0.4, -0.2) is 24.0 Å². The van der Waals surface area contributed by atoms with Crippen molar-refractivity contribution < 1.29 is 4.79 Å². The number of rotatable bonds is 3. The van der Waals surface area contributed by atoms with Gasteiger partial charge in [-0.3, -0.25) is 4.79 Å². The summed E-state index contributed by atoms with van der Waals surface area (Å²) in [6.45, 7) is 1.77. The van der Waals surface area contributed by atoms with E-state index < -0.39 is 0 Å². The number of nitrogens with one attached hydrogen (secondary N) is 2. The van der Waals surface area contributed by atoms with E-state index in [1.165, 1.54) is 11.3 Å². The lowest BCUT2D eigenvalue weighted by atomic mass is 9.99. The number of piperidine rings is 1. The number of thiazole rings is 1. The molecule has 1 aromatic heterocycles. The topological polar surface area (TPSA) is 54.0 Å². The van der Waals surface area contributed by atoms with E-state index in [2.05, 4.69) is 31.5 Å². The first-order chi connectivity index (χ1) is 10.2. The van der Waals surface area contributed by atoms with E-state index in [0.29, 0.717) is 5.13 Å². The molecule has 21 heavy (non-hydrogen) atoms. The van der Waals surface area contributed by atoms with Crippen LogP contribution in [0.1, 0.15) is 12.8 Å². The summed E-state index contributed by atoms with van der Waals surface area (Å²) < 4.78 is 1.02. The lowest BCUT2D eigenvalue weighted by Crippen LogP contribution is -2.37. The Bertz CT molecular complexity index is 637. The highest BCUT2D eigenvalue weighted by atomic mass is 79.9. The van der Waals surface area contributed by atoms with Crippen molar-refractivity contribution in [3.05, 3.63) is 34.1 Å². The quantitative estimate of drug-likeness (QED) is 0.874. The number of amides is 1. The molecule has 3 rings (SSSR count). The van der Waals surface area contributed by atoms with Crippen molar-refractivity contribution in [2.24, 2.45) is 5.92 Å². The Morgan fingerprint density at radius 3 is 3.14 bits per heavy atom. The molecule has 6 heteroatoms. The van der Waals surface area contributed by atoms with E-state index in [4.69, 9.17) is 0 Å². The fourth-order valence-electron chi connectivity index (χ4n) is 2.39. The molecule has 1 saturated heterocycles. The molecule has 2 aromatic rings. The molecular weight excluding hydrogens is 350 g/mol. The van der Waals surface area contributed by atoms with Gasteiger partial charge >= 0.3 is 0 Å². The van der Waals surface area contributed by atoms with Crippen LogP contribution < -0.4 is 10.6 Å². The van der Waals surface area contributed by atoms with Gasteiger partial charge in [0.2, 0.25) is 5.91 Å². The molecule has 1 aromatic carbocycles. The molecular formula is C15H16BrN3OS. The normalized spacial score (nSPS) is 18.4. The Kier molecular flexibility index (Phi) is 4.67. The van der Waals surface area contributed by atoms with E-state index in [0.717, 1.165) is 41.7 Å². The number of hydrogen-bond acceptors (Lipinski definition) is 4. The van der Waals surface area contributed by atoms with Crippen LogP contribution in [0.3, 0.4) is 0 Å². The first kappa shape index (κ1) is 14.7. The molecule has 1 atom stereocenters. The first-order valence-corrected chi connectivity index (χ1v) is 8.63. The van der Waals surface area contributed by atoms with Crippen LogP contribution >= 0.6 is 27.3 Å². The fourth-order valence-corrected chi connectivity index (χ4v) is 3.52. The summed E-state index contributed by atoms with van der Waals surface area (Å²) in [6.07, 6.45) is 2.00. The fraction of sp³-hybridized carbons (Fsp3) is 0.333. The van der Waals surface area contributed by atoms with Gasteiger partial charge in [-0.2, -0.15) is 0 Å². The molecule has 0 spiro atoms. The number of aromatic nitrogens is 1. The van der Waals surface area contributed by atoms with Crippen LogP contribution in [0.2, 0.25) is 0 Å². The summed E-state index contributed by atoms with van der Waals surface area (Å²) in [6, 6.07) is 7.99. The molecule has 1 amide bonds. The van der Waals surface area contributed by atoms with E-state index in [1.54, 1.807) is 0 Å². The minimum atomic E-state index is 0.0527.